The first-order valence-electron chi connectivity index (χ1n) is 2.62. The molecule has 0 spiro atoms. The van der Waals surface area contributed by atoms with E-state index < -0.39 is 0 Å². The van der Waals surface area contributed by atoms with E-state index >= 15 is 0 Å². The zero-order chi connectivity index (χ0) is 6.57. The fourth-order valence-electron chi connectivity index (χ4n) is 0.404. The molecule has 0 aromatic heterocycles. The van der Waals surface area contributed by atoms with Crippen molar-refractivity contribution >= 4 is 5.91 Å². The Kier molecular flexibility index (Phi) is 3.19. The van der Waals surface area contributed by atoms with Crippen LogP contribution in [0, 0.1) is 0 Å². The molecule has 0 radical (unpaired) electrons. The van der Waals surface area contributed by atoms with Crippen LogP contribution in [0.5, 0.6) is 0 Å². The third-order valence-electron chi connectivity index (χ3n) is 1.00. The van der Waals surface area contributed by atoms with Gasteiger partial charge in [0.2, 0.25) is 5.91 Å². The zero-order valence-electron chi connectivity index (χ0n) is 5.27. The summed E-state index contributed by atoms with van der Waals surface area (Å²) in [6, 6.07) is 0.201. The maximum atomic E-state index is 10.2. The first-order valence-corrected chi connectivity index (χ1v) is 2.62. The lowest BCUT2D eigenvalue weighted by Gasteiger charge is -2.04. The van der Waals surface area contributed by atoms with Crippen molar-refractivity contribution in [2.24, 2.45) is 5.73 Å². The van der Waals surface area contributed by atoms with Gasteiger partial charge in [-0.25, -0.2) is 0 Å². The fraction of sp³-hybridized carbons (Fsp3) is 0.800. The molecule has 1 amide bonds. The third kappa shape index (κ3) is 3.61. The fourth-order valence-corrected chi connectivity index (χ4v) is 0.404. The Labute approximate surface area is 49.3 Å². The average Bonchev–Trinajstić information content (AvgIpc) is 1.65. The Hall–Kier alpha value is -0.570. The number of primary amides is 1. The van der Waals surface area contributed by atoms with Crippen molar-refractivity contribution in [2.45, 2.75) is 19.4 Å². The van der Waals surface area contributed by atoms with Crippen LogP contribution in [0.4, 0.5) is 0 Å². The highest BCUT2D eigenvalue weighted by Crippen LogP contribution is 1.84. The summed E-state index contributed by atoms with van der Waals surface area (Å²) in [5.74, 6) is -0.258. The van der Waals surface area contributed by atoms with Gasteiger partial charge in [0.1, 0.15) is 0 Å². The number of carbonyl (C=O) groups excluding carboxylic acids is 1. The summed E-state index contributed by atoms with van der Waals surface area (Å²) in [7, 11) is 1.80. The molecule has 0 rings (SSSR count). The molecule has 0 aromatic rings. The largest absolute Gasteiger partial charge is 0.370 e. The molecule has 0 aliphatic heterocycles. The molecule has 0 saturated carbocycles. The molecule has 0 saturated heterocycles. The second kappa shape index (κ2) is 3.43. The molecule has 3 N–H and O–H groups in total. The van der Waals surface area contributed by atoms with Crippen molar-refractivity contribution in [3.8, 4) is 0 Å². The highest BCUT2D eigenvalue weighted by atomic mass is 16.1. The van der Waals surface area contributed by atoms with Crippen LogP contribution in [-0.2, 0) is 4.79 Å². The van der Waals surface area contributed by atoms with Gasteiger partial charge >= 0.3 is 0 Å². The van der Waals surface area contributed by atoms with Crippen molar-refractivity contribution in [3.05, 3.63) is 0 Å². The smallest absolute Gasteiger partial charge is 0.218 e. The molecule has 1 atom stereocenters. The molecular weight excluding hydrogens is 104 g/mol. The first kappa shape index (κ1) is 7.43. The molecule has 0 aliphatic carbocycles. The van der Waals surface area contributed by atoms with Crippen LogP contribution in [0.3, 0.4) is 0 Å². The normalized spacial score (nSPS) is 13.2. The van der Waals surface area contributed by atoms with E-state index in [2.05, 4.69) is 5.32 Å². The van der Waals surface area contributed by atoms with Gasteiger partial charge in [0.05, 0.1) is 0 Å². The SMILES string of the molecule is CNC(C)CC(N)=O. The number of hydrogen-bond donors (Lipinski definition) is 2. The maximum absolute atomic E-state index is 10.2. The second-order valence-corrected chi connectivity index (χ2v) is 1.86. The quantitative estimate of drug-likeness (QED) is 0.520. The van der Waals surface area contributed by atoms with Gasteiger partial charge in [-0.1, -0.05) is 0 Å². The van der Waals surface area contributed by atoms with Crippen LogP contribution in [-0.4, -0.2) is 19.0 Å². The Morgan fingerprint density at radius 1 is 1.88 bits per heavy atom. The summed E-state index contributed by atoms with van der Waals surface area (Å²) in [5.41, 5.74) is 4.89. The van der Waals surface area contributed by atoms with E-state index in [9.17, 15) is 4.79 Å². The maximum Gasteiger partial charge on any atom is 0.218 e. The monoisotopic (exact) mass is 116 g/mol. The number of nitrogens with one attached hydrogen (secondary N) is 1. The highest BCUT2D eigenvalue weighted by Gasteiger charge is 2.00. The van der Waals surface area contributed by atoms with Crippen molar-refractivity contribution in [3.63, 3.8) is 0 Å². The number of carbonyl (C=O) groups is 1. The van der Waals surface area contributed by atoms with Crippen LogP contribution < -0.4 is 11.1 Å². The van der Waals surface area contributed by atoms with E-state index in [0.717, 1.165) is 0 Å². The van der Waals surface area contributed by atoms with Gasteiger partial charge in [-0.2, -0.15) is 0 Å². The van der Waals surface area contributed by atoms with Gasteiger partial charge in [0, 0.05) is 12.5 Å². The van der Waals surface area contributed by atoms with Crippen molar-refractivity contribution < 1.29 is 4.79 Å². The molecule has 0 heterocycles. The molecule has 48 valence electrons. The first-order chi connectivity index (χ1) is 3.66. The van der Waals surface area contributed by atoms with E-state index in [1.54, 1.807) is 7.05 Å². The van der Waals surface area contributed by atoms with E-state index in [1.807, 2.05) is 6.92 Å². The molecule has 8 heavy (non-hydrogen) atoms. The van der Waals surface area contributed by atoms with E-state index in [4.69, 9.17) is 5.73 Å². The topological polar surface area (TPSA) is 55.1 Å². The Balaban J connectivity index is 3.24. The van der Waals surface area contributed by atoms with Crippen LogP contribution in [0.1, 0.15) is 13.3 Å². The second-order valence-electron chi connectivity index (χ2n) is 1.86. The minimum atomic E-state index is -0.258. The highest BCUT2D eigenvalue weighted by molar-refractivity contribution is 5.74. The Morgan fingerprint density at radius 2 is 2.38 bits per heavy atom. The van der Waals surface area contributed by atoms with E-state index in [-0.39, 0.29) is 11.9 Å². The molecule has 3 nitrogen and oxygen atoms in total. The number of nitrogens with two attached hydrogens (primary N) is 1. The van der Waals surface area contributed by atoms with Gasteiger partial charge < -0.3 is 11.1 Å². The van der Waals surface area contributed by atoms with Crippen molar-refractivity contribution in [2.75, 3.05) is 7.05 Å². The van der Waals surface area contributed by atoms with Crippen LogP contribution in [0.2, 0.25) is 0 Å². The Bertz CT molecular complexity index is 82.5. The lowest BCUT2D eigenvalue weighted by molar-refractivity contribution is -0.118. The molecular formula is C5H12N2O. The number of amides is 1. The van der Waals surface area contributed by atoms with Crippen molar-refractivity contribution in [1.82, 2.24) is 5.32 Å². The van der Waals surface area contributed by atoms with E-state index in [1.165, 1.54) is 0 Å². The summed E-state index contributed by atoms with van der Waals surface area (Å²) in [6.45, 7) is 1.91. The van der Waals surface area contributed by atoms with Gasteiger partial charge in [0.25, 0.3) is 0 Å². The van der Waals surface area contributed by atoms with Crippen LogP contribution in [0.15, 0.2) is 0 Å². The summed E-state index contributed by atoms with van der Waals surface area (Å²) >= 11 is 0. The molecule has 0 aromatic carbocycles. The number of hydrogen-bond acceptors (Lipinski definition) is 2. The van der Waals surface area contributed by atoms with Crippen molar-refractivity contribution in [1.29, 1.82) is 0 Å². The minimum Gasteiger partial charge on any atom is -0.370 e. The van der Waals surface area contributed by atoms with E-state index in [0.29, 0.717) is 6.42 Å². The van der Waals surface area contributed by atoms with Gasteiger partial charge in [0.15, 0.2) is 0 Å². The Morgan fingerprint density at radius 3 is 2.50 bits per heavy atom. The lowest BCUT2D eigenvalue weighted by atomic mass is 10.2. The summed E-state index contributed by atoms with van der Waals surface area (Å²) in [6.07, 6.45) is 0.413. The van der Waals surface area contributed by atoms with Crippen LogP contribution in [0.25, 0.3) is 0 Å². The molecule has 0 fully saturated rings. The lowest BCUT2D eigenvalue weighted by Crippen LogP contribution is -2.27. The number of rotatable bonds is 3. The summed E-state index contributed by atoms with van der Waals surface area (Å²) < 4.78 is 0. The predicted octanol–water partition coefficient (Wildman–Crippen LogP) is -0.530. The van der Waals surface area contributed by atoms with Crippen LogP contribution >= 0.6 is 0 Å². The predicted molar refractivity (Wildman–Crippen MR) is 32.3 cm³/mol. The third-order valence-corrected chi connectivity index (χ3v) is 1.00. The van der Waals surface area contributed by atoms with Gasteiger partial charge in [-0.15, -0.1) is 0 Å². The summed E-state index contributed by atoms with van der Waals surface area (Å²) in [4.78, 5) is 10.2. The molecule has 3 heteroatoms. The van der Waals surface area contributed by atoms with Gasteiger partial charge in [-0.05, 0) is 14.0 Å². The molecule has 0 bridgehead atoms. The minimum absolute atomic E-state index is 0.201. The standard InChI is InChI=1S/C5H12N2O/c1-4(7-2)3-5(6)8/h4,7H,3H2,1-2H3,(H2,6,8). The van der Waals surface area contributed by atoms with Gasteiger partial charge in [-0.3, -0.25) is 4.79 Å². The average molecular weight is 116 g/mol. The zero-order valence-corrected chi connectivity index (χ0v) is 5.27. The molecule has 0 aliphatic rings. The summed E-state index contributed by atoms with van der Waals surface area (Å²) in [5, 5.41) is 2.90. The molecule has 1 unspecified atom stereocenters.